The van der Waals surface area contributed by atoms with E-state index in [2.05, 4.69) is 0 Å². The summed E-state index contributed by atoms with van der Waals surface area (Å²) in [7, 11) is 0. The quantitative estimate of drug-likeness (QED) is 0.661. The molecule has 0 heterocycles. The Morgan fingerprint density at radius 2 is 2.38 bits per heavy atom. The van der Waals surface area contributed by atoms with Gasteiger partial charge in [0.05, 0.1) is 12.2 Å². The number of carbonyl (C=O) groups is 1. The molecule has 0 aliphatic heterocycles. The van der Waals surface area contributed by atoms with Crippen LogP contribution in [0.4, 0.5) is 0 Å². The Hall–Kier alpha value is -0.990. The number of carbonyl (C=O) groups excluding carboxylic acids is 1. The van der Waals surface area contributed by atoms with Gasteiger partial charge in [0.2, 0.25) is 0 Å². The molecule has 74 valence electrons. The maximum atomic E-state index is 11.4. The lowest BCUT2D eigenvalue weighted by Gasteiger charge is -2.21. The first kappa shape index (κ1) is 10.1. The van der Waals surface area contributed by atoms with Gasteiger partial charge in [0.15, 0.2) is 0 Å². The SMILES string of the molecule is CCOC(=O)C1=C(N)C(C)CCC1. The molecule has 0 saturated carbocycles. The zero-order valence-corrected chi connectivity index (χ0v) is 8.30. The highest BCUT2D eigenvalue weighted by molar-refractivity contribution is 5.89. The van der Waals surface area contributed by atoms with Gasteiger partial charge >= 0.3 is 5.97 Å². The molecule has 0 radical (unpaired) electrons. The van der Waals surface area contributed by atoms with Gasteiger partial charge < -0.3 is 10.5 Å². The van der Waals surface area contributed by atoms with Gasteiger partial charge in [-0.25, -0.2) is 4.79 Å². The summed E-state index contributed by atoms with van der Waals surface area (Å²) < 4.78 is 4.92. The van der Waals surface area contributed by atoms with Crippen molar-refractivity contribution in [3.63, 3.8) is 0 Å². The van der Waals surface area contributed by atoms with Crippen molar-refractivity contribution < 1.29 is 9.53 Å². The summed E-state index contributed by atoms with van der Waals surface area (Å²) in [5.74, 6) is 0.0970. The molecule has 0 aromatic heterocycles. The van der Waals surface area contributed by atoms with Crippen molar-refractivity contribution in [1.82, 2.24) is 0 Å². The van der Waals surface area contributed by atoms with Gasteiger partial charge in [-0.1, -0.05) is 6.92 Å². The Morgan fingerprint density at radius 1 is 1.69 bits per heavy atom. The zero-order chi connectivity index (χ0) is 9.84. The van der Waals surface area contributed by atoms with E-state index in [1.54, 1.807) is 6.92 Å². The molecule has 2 N–H and O–H groups in total. The molecule has 3 nitrogen and oxygen atoms in total. The molecule has 1 aliphatic carbocycles. The molecule has 0 saturated heterocycles. The first-order valence-electron chi connectivity index (χ1n) is 4.82. The number of hydrogen-bond acceptors (Lipinski definition) is 3. The van der Waals surface area contributed by atoms with Crippen LogP contribution in [0.15, 0.2) is 11.3 Å². The minimum Gasteiger partial charge on any atom is -0.463 e. The lowest BCUT2D eigenvalue weighted by molar-refractivity contribution is -0.138. The van der Waals surface area contributed by atoms with E-state index >= 15 is 0 Å². The van der Waals surface area contributed by atoms with Crippen molar-refractivity contribution in [2.24, 2.45) is 11.7 Å². The molecule has 3 heteroatoms. The van der Waals surface area contributed by atoms with E-state index in [0.29, 0.717) is 18.1 Å². The molecule has 1 rings (SSSR count). The molecule has 1 aliphatic rings. The Kier molecular flexibility index (Phi) is 3.34. The van der Waals surface area contributed by atoms with E-state index in [0.717, 1.165) is 25.0 Å². The van der Waals surface area contributed by atoms with Crippen LogP contribution >= 0.6 is 0 Å². The number of nitrogens with two attached hydrogens (primary N) is 1. The van der Waals surface area contributed by atoms with Crippen LogP contribution in [0, 0.1) is 5.92 Å². The summed E-state index contributed by atoms with van der Waals surface area (Å²) in [6.07, 6.45) is 2.89. The van der Waals surface area contributed by atoms with E-state index in [-0.39, 0.29) is 5.97 Å². The van der Waals surface area contributed by atoms with Gasteiger partial charge in [0.25, 0.3) is 0 Å². The molecule has 0 spiro atoms. The highest BCUT2D eigenvalue weighted by Gasteiger charge is 2.22. The molecule has 1 unspecified atom stereocenters. The predicted molar refractivity (Wildman–Crippen MR) is 50.9 cm³/mol. The van der Waals surface area contributed by atoms with Crippen molar-refractivity contribution in [1.29, 1.82) is 0 Å². The van der Waals surface area contributed by atoms with Crippen molar-refractivity contribution in [3.05, 3.63) is 11.3 Å². The minimum atomic E-state index is -0.230. The number of ether oxygens (including phenoxy) is 1. The van der Waals surface area contributed by atoms with Crippen molar-refractivity contribution >= 4 is 5.97 Å². The molecule has 0 bridgehead atoms. The molecule has 0 aromatic carbocycles. The monoisotopic (exact) mass is 183 g/mol. The van der Waals surface area contributed by atoms with E-state index in [4.69, 9.17) is 10.5 Å². The molecular weight excluding hydrogens is 166 g/mol. The van der Waals surface area contributed by atoms with E-state index in [1.165, 1.54) is 0 Å². The third-order valence-electron chi connectivity index (χ3n) is 2.47. The molecular formula is C10H17NO2. The second kappa shape index (κ2) is 4.30. The summed E-state index contributed by atoms with van der Waals surface area (Å²) in [5.41, 5.74) is 7.25. The average molecular weight is 183 g/mol. The molecule has 0 fully saturated rings. The Bertz CT molecular complexity index is 233. The van der Waals surface area contributed by atoms with Crippen molar-refractivity contribution in [2.45, 2.75) is 33.1 Å². The predicted octanol–water partition coefficient (Wildman–Crippen LogP) is 1.58. The largest absolute Gasteiger partial charge is 0.463 e. The Balaban J connectivity index is 2.76. The van der Waals surface area contributed by atoms with Gasteiger partial charge in [0, 0.05) is 5.70 Å². The molecule has 0 amide bonds. The van der Waals surface area contributed by atoms with Crippen LogP contribution in [-0.4, -0.2) is 12.6 Å². The van der Waals surface area contributed by atoms with Gasteiger partial charge in [-0.2, -0.15) is 0 Å². The maximum Gasteiger partial charge on any atom is 0.335 e. The summed E-state index contributed by atoms with van der Waals surface area (Å²) in [5, 5.41) is 0. The van der Waals surface area contributed by atoms with Gasteiger partial charge in [-0.15, -0.1) is 0 Å². The fraction of sp³-hybridized carbons (Fsp3) is 0.700. The smallest absolute Gasteiger partial charge is 0.335 e. The van der Waals surface area contributed by atoms with E-state index < -0.39 is 0 Å². The average Bonchev–Trinajstić information content (AvgIpc) is 2.10. The fourth-order valence-corrected chi connectivity index (χ4v) is 1.62. The molecule has 13 heavy (non-hydrogen) atoms. The number of esters is 1. The first-order valence-corrected chi connectivity index (χ1v) is 4.82. The lowest BCUT2D eigenvalue weighted by atomic mass is 9.88. The number of hydrogen-bond donors (Lipinski definition) is 1. The third kappa shape index (κ3) is 2.23. The van der Waals surface area contributed by atoms with Crippen molar-refractivity contribution in [3.8, 4) is 0 Å². The maximum absolute atomic E-state index is 11.4. The zero-order valence-electron chi connectivity index (χ0n) is 8.30. The summed E-state index contributed by atoms with van der Waals surface area (Å²) in [4.78, 5) is 11.4. The standard InChI is InChI=1S/C10H17NO2/c1-3-13-10(12)8-6-4-5-7(2)9(8)11/h7H,3-6,11H2,1-2H3. The third-order valence-corrected chi connectivity index (χ3v) is 2.47. The number of allylic oxidation sites excluding steroid dienone is 1. The normalized spacial score (nSPS) is 23.1. The lowest BCUT2D eigenvalue weighted by Crippen LogP contribution is -2.22. The second-order valence-electron chi connectivity index (χ2n) is 3.45. The molecule has 0 aromatic rings. The van der Waals surface area contributed by atoms with Crippen LogP contribution in [-0.2, 0) is 9.53 Å². The van der Waals surface area contributed by atoms with E-state index in [1.807, 2.05) is 6.92 Å². The summed E-state index contributed by atoms with van der Waals surface area (Å²) >= 11 is 0. The Morgan fingerprint density at radius 3 is 3.00 bits per heavy atom. The van der Waals surface area contributed by atoms with Crippen LogP contribution in [0.5, 0.6) is 0 Å². The van der Waals surface area contributed by atoms with Crippen LogP contribution in [0.1, 0.15) is 33.1 Å². The highest BCUT2D eigenvalue weighted by atomic mass is 16.5. The number of rotatable bonds is 2. The van der Waals surface area contributed by atoms with Crippen molar-refractivity contribution in [2.75, 3.05) is 6.61 Å². The van der Waals surface area contributed by atoms with Gasteiger partial charge in [0.1, 0.15) is 0 Å². The van der Waals surface area contributed by atoms with E-state index in [9.17, 15) is 4.79 Å². The summed E-state index contributed by atoms with van der Waals surface area (Å²) in [6.45, 7) is 4.28. The second-order valence-corrected chi connectivity index (χ2v) is 3.45. The van der Waals surface area contributed by atoms with Crippen LogP contribution in [0.3, 0.4) is 0 Å². The summed E-state index contributed by atoms with van der Waals surface area (Å²) in [6, 6.07) is 0. The topological polar surface area (TPSA) is 52.3 Å². The van der Waals surface area contributed by atoms with Crippen LogP contribution < -0.4 is 5.73 Å². The van der Waals surface area contributed by atoms with Gasteiger partial charge in [-0.05, 0) is 32.1 Å². The fourth-order valence-electron chi connectivity index (χ4n) is 1.62. The van der Waals surface area contributed by atoms with Gasteiger partial charge in [-0.3, -0.25) is 0 Å². The molecule has 1 atom stereocenters. The Labute approximate surface area is 78.9 Å². The van der Waals surface area contributed by atoms with Crippen LogP contribution in [0.2, 0.25) is 0 Å². The minimum absolute atomic E-state index is 0.230. The highest BCUT2D eigenvalue weighted by Crippen LogP contribution is 2.27. The van der Waals surface area contributed by atoms with Crippen LogP contribution in [0.25, 0.3) is 0 Å². The first-order chi connectivity index (χ1) is 6.16.